The third-order valence-corrected chi connectivity index (χ3v) is 7.10. The maximum Gasteiger partial charge on any atom is 0.336 e. The highest BCUT2D eigenvalue weighted by Crippen LogP contribution is 2.40. The van der Waals surface area contributed by atoms with Crippen molar-refractivity contribution in [3.63, 3.8) is 0 Å². The molecule has 0 radical (unpaired) electrons. The molecule has 3 N–H and O–H groups in total. The summed E-state index contributed by atoms with van der Waals surface area (Å²) < 4.78 is 16.1. The third-order valence-electron chi connectivity index (χ3n) is 7.10. The van der Waals surface area contributed by atoms with Crippen molar-refractivity contribution in [3.05, 3.63) is 92.3 Å². The number of carbonyl (C=O) groups is 2. The maximum atomic E-state index is 13.3. The van der Waals surface area contributed by atoms with Gasteiger partial charge in [0.15, 0.2) is 0 Å². The molecule has 0 saturated carbocycles. The normalized spacial score (nSPS) is 15.2. The number of esters is 2. The van der Waals surface area contributed by atoms with E-state index in [1.165, 1.54) is 25.3 Å². The van der Waals surface area contributed by atoms with Gasteiger partial charge in [-0.3, -0.25) is 10.1 Å². The second kappa shape index (κ2) is 16.8. The zero-order valence-corrected chi connectivity index (χ0v) is 25.1. The molecule has 3 rings (SSSR count). The number of hydrogen-bond acceptors (Lipinski definition) is 11. The van der Waals surface area contributed by atoms with E-state index in [0.717, 1.165) is 19.3 Å². The Morgan fingerprint density at radius 1 is 1.07 bits per heavy atom. The van der Waals surface area contributed by atoms with Crippen molar-refractivity contribution in [2.75, 3.05) is 33.4 Å². The van der Waals surface area contributed by atoms with Crippen molar-refractivity contribution >= 4 is 17.6 Å². The average Bonchev–Trinajstić information content (AvgIpc) is 3.02. The molecule has 0 bridgehead atoms. The number of ether oxygens (including phenoxy) is 3. The van der Waals surface area contributed by atoms with Crippen LogP contribution in [0.2, 0.25) is 0 Å². The van der Waals surface area contributed by atoms with Crippen LogP contribution in [-0.2, 0) is 19.1 Å². The largest absolute Gasteiger partial charge is 0.489 e. The number of aliphatic hydroxyl groups excluding tert-OH is 1. The number of methoxy groups -OCH3 is 1. The van der Waals surface area contributed by atoms with Crippen LogP contribution in [0, 0.1) is 21.4 Å². The fraction of sp³-hybridized carbons (Fsp3) is 0.406. The summed E-state index contributed by atoms with van der Waals surface area (Å²) in [5, 5.41) is 36.9. The fourth-order valence-corrected chi connectivity index (χ4v) is 4.94. The van der Waals surface area contributed by atoms with Gasteiger partial charge in [-0.1, -0.05) is 37.1 Å². The molecule has 0 amide bonds. The van der Waals surface area contributed by atoms with Gasteiger partial charge >= 0.3 is 11.9 Å². The number of nitro groups is 1. The molecule has 2 aromatic rings. The molecule has 234 valence electrons. The Balaban J connectivity index is 1.45. The maximum absolute atomic E-state index is 13.3. The van der Waals surface area contributed by atoms with Gasteiger partial charge in [0.25, 0.3) is 5.69 Å². The molecule has 0 aliphatic carbocycles. The van der Waals surface area contributed by atoms with Gasteiger partial charge in [0.1, 0.15) is 24.5 Å². The monoisotopic (exact) mass is 606 g/mol. The summed E-state index contributed by atoms with van der Waals surface area (Å²) in [5.41, 5.74) is 2.02. The van der Waals surface area contributed by atoms with Crippen LogP contribution in [0.3, 0.4) is 0 Å². The van der Waals surface area contributed by atoms with E-state index in [4.69, 9.17) is 19.5 Å². The van der Waals surface area contributed by atoms with Crippen molar-refractivity contribution in [2.24, 2.45) is 0 Å². The molecule has 1 aliphatic heterocycles. The number of nitrogens with zero attached hydrogens (tertiary/aromatic N) is 2. The van der Waals surface area contributed by atoms with Crippen molar-refractivity contribution in [3.8, 4) is 11.8 Å². The number of carbonyl (C=O) groups excluding carboxylic acids is 2. The number of unbranched alkanes of at least 4 members (excludes halogenated alkanes) is 3. The summed E-state index contributed by atoms with van der Waals surface area (Å²) in [5.74, 6) is -1.72. The minimum absolute atomic E-state index is 0.0704. The van der Waals surface area contributed by atoms with Gasteiger partial charge in [0, 0.05) is 30.1 Å². The Bertz CT molecular complexity index is 1450. The number of nitro benzene ring substituents is 1. The first-order valence-corrected chi connectivity index (χ1v) is 14.4. The highest BCUT2D eigenvalue weighted by molar-refractivity contribution is 5.99. The zero-order chi connectivity index (χ0) is 32.1. The predicted octanol–water partition coefficient (Wildman–Crippen LogP) is 4.01. The second-order valence-electron chi connectivity index (χ2n) is 10.3. The first kappa shape index (κ1) is 33.8. The fourth-order valence-electron chi connectivity index (χ4n) is 4.94. The number of aliphatic hydroxyl groups is 1. The third kappa shape index (κ3) is 9.13. The van der Waals surface area contributed by atoms with Gasteiger partial charge in [-0.25, -0.2) is 9.59 Å². The topological polar surface area (TPSA) is 173 Å². The molecular formula is C32H38N4O8. The Kier molecular flexibility index (Phi) is 12.9. The molecule has 0 fully saturated rings. The number of rotatable bonds is 16. The first-order chi connectivity index (χ1) is 21.2. The van der Waals surface area contributed by atoms with Gasteiger partial charge < -0.3 is 30.0 Å². The van der Waals surface area contributed by atoms with Gasteiger partial charge in [-0.15, -0.1) is 0 Å². The molecular weight excluding hydrogens is 568 g/mol. The van der Waals surface area contributed by atoms with Crippen LogP contribution in [0.4, 0.5) is 5.69 Å². The van der Waals surface area contributed by atoms with Gasteiger partial charge in [0.2, 0.25) is 0 Å². The molecule has 2 unspecified atom stereocenters. The van der Waals surface area contributed by atoms with Crippen molar-refractivity contribution < 1.29 is 33.8 Å². The van der Waals surface area contributed by atoms with Crippen molar-refractivity contribution in [1.29, 1.82) is 5.26 Å². The number of non-ortho nitro benzene ring substituents is 1. The van der Waals surface area contributed by atoms with Crippen LogP contribution in [0.1, 0.15) is 56.6 Å². The van der Waals surface area contributed by atoms with Crippen molar-refractivity contribution in [1.82, 2.24) is 10.6 Å². The smallest absolute Gasteiger partial charge is 0.336 e. The Morgan fingerprint density at radius 2 is 1.77 bits per heavy atom. The number of para-hydroxylation sites is 1. The number of hydrogen-bond donors (Lipinski definition) is 3. The Morgan fingerprint density at radius 3 is 2.48 bits per heavy atom. The molecule has 2 atom stereocenters. The highest BCUT2D eigenvalue weighted by Gasteiger charge is 2.38. The summed E-state index contributed by atoms with van der Waals surface area (Å²) in [4.78, 5) is 36.9. The number of allylic oxidation sites excluding steroid dienone is 2. The van der Waals surface area contributed by atoms with Crippen molar-refractivity contribution in [2.45, 2.75) is 51.6 Å². The van der Waals surface area contributed by atoms with E-state index in [9.17, 15) is 24.8 Å². The Hall–Kier alpha value is -4.73. The van der Waals surface area contributed by atoms with Crippen LogP contribution in [0.25, 0.3) is 0 Å². The highest BCUT2D eigenvalue weighted by atomic mass is 16.6. The van der Waals surface area contributed by atoms with E-state index in [-0.39, 0.29) is 30.0 Å². The molecule has 1 aliphatic rings. The van der Waals surface area contributed by atoms with Crippen LogP contribution >= 0.6 is 0 Å². The lowest BCUT2D eigenvalue weighted by Crippen LogP contribution is -2.32. The molecule has 0 spiro atoms. The lowest BCUT2D eigenvalue weighted by molar-refractivity contribution is -0.384. The quantitative estimate of drug-likeness (QED) is 0.109. The number of nitriles is 1. The lowest BCUT2D eigenvalue weighted by atomic mass is 9.80. The van der Waals surface area contributed by atoms with Crippen LogP contribution < -0.4 is 15.4 Å². The second-order valence-corrected chi connectivity index (χ2v) is 10.3. The van der Waals surface area contributed by atoms with E-state index in [1.807, 2.05) is 0 Å². The predicted molar refractivity (Wildman–Crippen MR) is 161 cm³/mol. The summed E-state index contributed by atoms with van der Waals surface area (Å²) in [6.07, 6.45) is 2.44. The SMILES string of the molecule is COC(=O)C1=C(C)NC(C)=C(C(=O)OCCCCCCNCC(O)COc2ccccc2C#N)C1c1cccc([N+](=O)[O-])c1. The molecule has 0 saturated heterocycles. The minimum Gasteiger partial charge on any atom is -0.489 e. The molecule has 0 aromatic heterocycles. The molecule has 12 heteroatoms. The van der Waals surface area contributed by atoms with Crippen LogP contribution in [0.5, 0.6) is 5.75 Å². The van der Waals surface area contributed by atoms with E-state index < -0.39 is 28.9 Å². The number of nitrogens with one attached hydrogen (secondary N) is 2. The standard InChI is InChI=1S/C32H38N4O8/c1-21-28(31(38)42-3)30(23-12-10-13-25(17-23)36(40)41)29(22(2)35-21)32(39)43-16-9-5-4-8-15-34-19-26(37)20-44-27-14-7-6-11-24(27)18-33/h6-7,10-14,17,26,30,34-35,37H,4-5,8-9,15-16,19-20H2,1-3H3. The van der Waals surface area contributed by atoms with Gasteiger partial charge in [0.05, 0.1) is 41.3 Å². The lowest BCUT2D eigenvalue weighted by Gasteiger charge is -2.30. The van der Waals surface area contributed by atoms with E-state index in [2.05, 4.69) is 16.7 Å². The summed E-state index contributed by atoms with van der Waals surface area (Å²) in [6, 6.07) is 14.8. The van der Waals surface area contributed by atoms with E-state index >= 15 is 0 Å². The molecule has 2 aromatic carbocycles. The van der Waals surface area contributed by atoms with Gasteiger partial charge in [-0.05, 0) is 50.9 Å². The number of benzene rings is 2. The summed E-state index contributed by atoms with van der Waals surface area (Å²) in [7, 11) is 1.24. The number of dihydropyridines is 1. The van der Waals surface area contributed by atoms with Crippen LogP contribution in [-0.4, -0.2) is 61.5 Å². The molecule has 44 heavy (non-hydrogen) atoms. The molecule has 1 heterocycles. The molecule has 12 nitrogen and oxygen atoms in total. The first-order valence-electron chi connectivity index (χ1n) is 14.4. The Labute approximate surface area is 256 Å². The van der Waals surface area contributed by atoms with E-state index in [1.54, 1.807) is 44.2 Å². The summed E-state index contributed by atoms with van der Waals surface area (Å²) >= 11 is 0. The average molecular weight is 607 g/mol. The van der Waals surface area contributed by atoms with Gasteiger partial charge in [-0.2, -0.15) is 5.26 Å². The van der Waals surface area contributed by atoms with Crippen LogP contribution in [0.15, 0.2) is 71.1 Å². The summed E-state index contributed by atoms with van der Waals surface area (Å²) in [6.45, 7) is 4.65. The minimum atomic E-state index is -0.899. The zero-order valence-electron chi connectivity index (χ0n) is 25.1. The van der Waals surface area contributed by atoms with E-state index in [0.29, 0.717) is 47.8 Å².